The molecule has 0 saturated carbocycles. The molecule has 0 aromatic carbocycles. The highest BCUT2D eigenvalue weighted by Gasteiger charge is 2.03. The van der Waals surface area contributed by atoms with Gasteiger partial charge in [0.2, 0.25) is 0 Å². The molecule has 0 aliphatic carbocycles. The predicted molar refractivity (Wildman–Crippen MR) is 74.6 cm³/mol. The summed E-state index contributed by atoms with van der Waals surface area (Å²) in [7, 11) is 0. The van der Waals surface area contributed by atoms with Crippen LogP contribution in [0.15, 0.2) is 10.9 Å². The van der Waals surface area contributed by atoms with Crippen LogP contribution in [0.1, 0.15) is 45.6 Å². The monoisotopic (exact) mass is 251 g/mol. The van der Waals surface area contributed by atoms with Gasteiger partial charge in [0.15, 0.2) is 0 Å². The maximum atomic E-state index is 11.5. The van der Waals surface area contributed by atoms with Crippen molar-refractivity contribution in [1.29, 1.82) is 0 Å². The van der Waals surface area contributed by atoms with Crippen molar-refractivity contribution in [3.05, 3.63) is 27.9 Å². The first-order valence-electron chi connectivity index (χ1n) is 6.77. The van der Waals surface area contributed by atoms with Crippen molar-refractivity contribution < 1.29 is 0 Å². The van der Waals surface area contributed by atoms with Crippen LogP contribution in [0.25, 0.3) is 0 Å². The number of H-pyrrole nitrogens is 1. The van der Waals surface area contributed by atoms with Crippen molar-refractivity contribution in [3.8, 4) is 0 Å². The Balaban J connectivity index is 2.60. The quantitative estimate of drug-likeness (QED) is 0.780. The van der Waals surface area contributed by atoms with E-state index in [2.05, 4.69) is 43.0 Å². The highest BCUT2D eigenvalue weighted by molar-refractivity contribution is 5.02. The first kappa shape index (κ1) is 14.9. The van der Waals surface area contributed by atoms with Crippen LogP contribution in [0.4, 0.5) is 0 Å². The van der Waals surface area contributed by atoms with E-state index in [0.717, 1.165) is 30.9 Å². The number of nitrogens with one attached hydrogen (secondary N) is 2. The molecular weight excluding hydrogens is 226 g/mol. The molecule has 0 unspecified atom stereocenters. The van der Waals surface area contributed by atoms with Gasteiger partial charge >= 0.3 is 0 Å². The van der Waals surface area contributed by atoms with Gasteiger partial charge in [0.1, 0.15) is 5.82 Å². The number of nitrogens with zero attached hydrogens (tertiary/aromatic N) is 1. The molecular formula is C14H25N3O. The molecule has 0 saturated heterocycles. The van der Waals surface area contributed by atoms with Crippen LogP contribution in [0, 0.1) is 11.8 Å². The highest BCUT2D eigenvalue weighted by atomic mass is 16.1. The topological polar surface area (TPSA) is 57.8 Å². The van der Waals surface area contributed by atoms with Crippen molar-refractivity contribution in [2.24, 2.45) is 11.8 Å². The van der Waals surface area contributed by atoms with E-state index in [9.17, 15) is 4.79 Å². The van der Waals surface area contributed by atoms with E-state index in [1.54, 1.807) is 6.07 Å². The largest absolute Gasteiger partial charge is 0.311 e. The Bertz CT molecular complexity index is 410. The summed E-state index contributed by atoms with van der Waals surface area (Å²) in [6, 6.07) is 1.58. The molecule has 4 heteroatoms. The first-order chi connectivity index (χ1) is 8.47. The number of aryl methyl sites for hydroxylation is 1. The zero-order chi connectivity index (χ0) is 13.5. The predicted octanol–water partition coefficient (Wildman–Crippen LogP) is 2.10. The average molecular weight is 251 g/mol. The lowest BCUT2D eigenvalue weighted by Crippen LogP contribution is -2.22. The molecule has 2 N–H and O–H groups in total. The van der Waals surface area contributed by atoms with Crippen LogP contribution < -0.4 is 10.9 Å². The third kappa shape index (κ3) is 5.96. The Hall–Kier alpha value is -1.16. The molecule has 0 aliphatic rings. The summed E-state index contributed by atoms with van der Waals surface area (Å²) >= 11 is 0. The Labute approximate surface area is 109 Å². The first-order valence-corrected chi connectivity index (χ1v) is 6.77. The molecule has 1 aromatic rings. The van der Waals surface area contributed by atoms with Crippen LogP contribution in [0.5, 0.6) is 0 Å². The average Bonchev–Trinajstić information content (AvgIpc) is 2.25. The third-order valence-corrected chi connectivity index (χ3v) is 2.66. The molecule has 1 rings (SSSR count). The zero-order valence-electron chi connectivity index (χ0n) is 11.9. The van der Waals surface area contributed by atoms with E-state index in [1.165, 1.54) is 0 Å². The number of rotatable bonds is 7. The fraction of sp³-hybridized carbons (Fsp3) is 0.714. The number of hydrogen-bond donors (Lipinski definition) is 2. The van der Waals surface area contributed by atoms with Gasteiger partial charge < -0.3 is 10.3 Å². The number of hydrogen-bond acceptors (Lipinski definition) is 3. The minimum Gasteiger partial charge on any atom is -0.311 e. The van der Waals surface area contributed by atoms with Gasteiger partial charge in [0, 0.05) is 19.0 Å². The van der Waals surface area contributed by atoms with Gasteiger partial charge in [0.25, 0.3) is 5.56 Å². The summed E-state index contributed by atoms with van der Waals surface area (Å²) in [6.45, 7) is 10.3. The second kappa shape index (κ2) is 7.31. The highest BCUT2D eigenvalue weighted by Crippen LogP contribution is 2.04. The smallest absolute Gasteiger partial charge is 0.251 e. The molecule has 0 radical (unpaired) electrons. The Morgan fingerprint density at radius 1 is 1.28 bits per heavy atom. The summed E-state index contributed by atoms with van der Waals surface area (Å²) in [4.78, 5) is 18.8. The summed E-state index contributed by atoms with van der Waals surface area (Å²) in [6.07, 6.45) is 1.89. The number of aromatic amines is 1. The molecule has 18 heavy (non-hydrogen) atoms. The van der Waals surface area contributed by atoms with Crippen LogP contribution >= 0.6 is 0 Å². The van der Waals surface area contributed by atoms with Gasteiger partial charge in [-0.3, -0.25) is 4.79 Å². The van der Waals surface area contributed by atoms with Crippen molar-refractivity contribution in [1.82, 2.24) is 15.3 Å². The van der Waals surface area contributed by atoms with Crippen LogP contribution in [-0.2, 0) is 13.0 Å². The van der Waals surface area contributed by atoms with Gasteiger partial charge in [-0.2, -0.15) is 0 Å². The summed E-state index contributed by atoms with van der Waals surface area (Å²) in [5.74, 6) is 2.03. The standard InChI is InChI=1S/C14H25N3O/c1-10(2)5-6-13-16-12(7-14(18)17-13)9-15-8-11(3)4/h7,10-11,15H,5-6,8-9H2,1-4H3,(H,16,17,18). The Kier molecular flexibility index (Phi) is 6.05. The lowest BCUT2D eigenvalue weighted by atomic mass is 10.1. The second-order valence-electron chi connectivity index (χ2n) is 5.64. The summed E-state index contributed by atoms with van der Waals surface area (Å²) in [5.41, 5.74) is 0.781. The normalized spacial score (nSPS) is 11.4. The second-order valence-corrected chi connectivity index (χ2v) is 5.64. The molecule has 0 fully saturated rings. The maximum absolute atomic E-state index is 11.5. The SMILES string of the molecule is CC(C)CCc1nc(CNCC(C)C)cc(=O)[nH]1. The van der Waals surface area contributed by atoms with Crippen LogP contribution in [-0.4, -0.2) is 16.5 Å². The fourth-order valence-corrected chi connectivity index (χ4v) is 1.69. The molecule has 4 nitrogen and oxygen atoms in total. The van der Waals surface area contributed by atoms with E-state index in [-0.39, 0.29) is 5.56 Å². The van der Waals surface area contributed by atoms with Gasteiger partial charge in [0.05, 0.1) is 5.69 Å². The van der Waals surface area contributed by atoms with E-state index in [4.69, 9.17) is 0 Å². The molecule has 0 amide bonds. The molecule has 0 bridgehead atoms. The Morgan fingerprint density at radius 3 is 2.61 bits per heavy atom. The molecule has 1 aromatic heterocycles. The van der Waals surface area contributed by atoms with E-state index >= 15 is 0 Å². The fourth-order valence-electron chi connectivity index (χ4n) is 1.69. The minimum absolute atomic E-state index is 0.0508. The summed E-state index contributed by atoms with van der Waals surface area (Å²) in [5, 5.41) is 3.31. The van der Waals surface area contributed by atoms with Crippen molar-refractivity contribution in [2.75, 3.05) is 6.54 Å². The van der Waals surface area contributed by atoms with Gasteiger partial charge in [-0.15, -0.1) is 0 Å². The third-order valence-electron chi connectivity index (χ3n) is 2.66. The molecule has 102 valence electrons. The molecule has 1 heterocycles. The molecule has 0 atom stereocenters. The van der Waals surface area contributed by atoms with Gasteiger partial charge in [-0.25, -0.2) is 4.98 Å². The molecule has 0 spiro atoms. The Morgan fingerprint density at radius 2 is 2.00 bits per heavy atom. The summed E-state index contributed by atoms with van der Waals surface area (Å²) < 4.78 is 0. The maximum Gasteiger partial charge on any atom is 0.251 e. The number of aromatic nitrogens is 2. The minimum atomic E-state index is -0.0508. The lowest BCUT2D eigenvalue weighted by Gasteiger charge is -2.08. The lowest BCUT2D eigenvalue weighted by molar-refractivity contribution is 0.542. The van der Waals surface area contributed by atoms with Crippen molar-refractivity contribution >= 4 is 0 Å². The van der Waals surface area contributed by atoms with Crippen molar-refractivity contribution in [3.63, 3.8) is 0 Å². The van der Waals surface area contributed by atoms with Gasteiger partial charge in [-0.05, 0) is 24.8 Å². The van der Waals surface area contributed by atoms with Crippen molar-refractivity contribution in [2.45, 2.75) is 47.1 Å². The van der Waals surface area contributed by atoms with Crippen LogP contribution in [0.2, 0.25) is 0 Å². The van der Waals surface area contributed by atoms with Gasteiger partial charge in [-0.1, -0.05) is 27.7 Å². The van der Waals surface area contributed by atoms with E-state index in [0.29, 0.717) is 18.4 Å². The zero-order valence-corrected chi connectivity index (χ0v) is 11.9. The van der Waals surface area contributed by atoms with E-state index in [1.807, 2.05) is 0 Å². The van der Waals surface area contributed by atoms with E-state index < -0.39 is 0 Å². The van der Waals surface area contributed by atoms with Crippen LogP contribution in [0.3, 0.4) is 0 Å². The molecule has 0 aliphatic heterocycles.